The van der Waals surface area contributed by atoms with Crippen molar-refractivity contribution in [1.82, 2.24) is 15.1 Å². The van der Waals surface area contributed by atoms with Gasteiger partial charge in [0.25, 0.3) is 0 Å². The Kier molecular flexibility index (Phi) is 5.18. The molecular weight excluding hydrogens is 250 g/mol. The molecule has 0 aliphatic heterocycles. The van der Waals surface area contributed by atoms with Crippen molar-refractivity contribution in [2.75, 3.05) is 13.7 Å². The third kappa shape index (κ3) is 4.10. The number of rotatable bonds is 7. The molecule has 0 bridgehead atoms. The Morgan fingerprint density at radius 1 is 1.20 bits per heavy atom. The molecule has 108 valence electrons. The molecule has 0 aliphatic carbocycles. The molecule has 2 aromatic rings. The highest BCUT2D eigenvalue weighted by Crippen LogP contribution is 2.11. The molecule has 2 rings (SSSR count). The summed E-state index contributed by atoms with van der Waals surface area (Å²) >= 11 is 0. The van der Waals surface area contributed by atoms with Gasteiger partial charge in [-0.2, -0.15) is 5.10 Å². The van der Waals surface area contributed by atoms with Gasteiger partial charge < -0.3 is 10.1 Å². The van der Waals surface area contributed by atoms with Crippen LogP contribution in [0.3, 0.4) is 0 Å². The van der Waals surface area contributed by atoms with Crippen molar-refractivity contribution in [3.63, 3.8) is 0 Å². The highest BCUT2D eigenvalue weighted by molar-refractivity contribution is 5.27. The lowest BCUT2D eigenvalue weighted by Crippen LogP contribution is -2.17. The van der Waals surface area contributed by atoms with Crippen LogP contribution in [0.2, 0.25) is 0 Å². The molecule has 0 fully saturated rings. The molecule has 0 spiro atoms. The fourth-order valence-corrected chi connectivity index (χ4v) is 2.00. The standard InChI is InChI=1S/C16H23N3O/c1-13(2)19-11-9-15(18-19)12-17-10-8-14-4-6-16(20-3)7-5-14/h4-7,9,11,13,17H,8,10,12H2,1-3H3. The first-order valence-electron chi connectivity index (χ1n) is 7.06. The zero-order valence-corrected chi connectivity index (χ0v) is 12.5. The van der Waals surface area contributed by atoms with Crippen molar-refractivity contribution in [3.05, 3.63) is 47.8 Å². The average Bonchev–Trinajstić information content (AvgIpc) is 2.93. The zero-order chi connectivity index (χ0) is 14.4. The Morgan fingerprint density at radius 3 is 2.55 bits per heavy atom. The summed E-state index contributed by atoms with van der Waals surface area (Å²) in [7, 11) is 1.69. The minimum absolute atomic E-state index is 0.419. The van der Waals surface area contributed by atoms with Gasteiger partial charge in [-0.05, 0) is 50.6 Å². The monoisotopic (exact) mass is 273 g/mol. The van der Waals surface area contributed by atoms with Gasteiger partial charge in [-0.1, -0.05) is 12.1 Å². The maximum Gasteiger partial charge on any atom is 0.118 e. The van der Waals surface area contributed by atoms with Gasteiger partial charge in [-0.25, -0.2) is 0 Å². The van der Waals surface area contributed by atoms with E-state index in [-0.39, 0.29) is 0 Å². The van der Waals surface area contributed by atoms with Crippen molar-refractivity contribution >= 4 is 0 Å². The summed E-state index contributed by atoms with van der Waals surface area (Å²) in [6.45, 7) is 6.03. The molecule has 0 saturated carbocycles. The van der Waals surface area contributed by atoms with E-state index in [4.69, 9.17) is 4.74 Å². The number of benzene rings is 1. The fourth-order valence-electron chi connectivity index (χ4n) is 2.00. The Hall–Kier alpha value is -1.81. The molecular formula is C16H23N3O. The van der Waals surface area contributed by atoms with Crippen LogP contribution in [-0.4, -0.2) is 23.4 Å². The molecule has 0 radical (unpaired) electrons. The predicted molar refractivity (Wildman–Crippen MR) is 81.0 cm³/mol. The SMILES string of the molecule is COc1ccc(CCNCc2ccn(C(C)C)n2)cc1. The molecule has 4 nitrogen and oxygen atoms in total. The third-order valence-corrected chi connectivity index (χ3v) is 3.25. The van der Waals surface area contributed by atoms with Gasteiger partial charge in [0, 0.05) is 18.8 Å². The quantitative estimate of drug-likeness (QED) is 0.788. The second-order valence-electron chi connectivity index (χ2n) is 5.16. The summed E-state index contributed by atoms with van der Waals surface area (Å²) in [5.41, 5.74) is 2.40. The van der Waals surface area contributed by atoms with Gasteiger partial charge in [0.15, 0.2) is 0 Å². The number of hydrogen-bond acceptors (Lipinski definition) is 3. The predicted octanol–water partition coefficient (Wildman–Crippen LogP) is 2.80. The van der Waals surface area contributed by atoms with E-state index in [1.165, 1.54) is 5.56 Å². The lowest BCUT2D eigenvalue weighted by atomic mass is 10.1. The van der Waals surface area contributed by atoms with Crippen LogP contribution < -0.4 is 10.1 Å². The summed E-state index contributed by atoms with van der Waals surface area (Å²) in [5.74, 6) is 0.904. The molecule has 0 saturated heterocycles. The number of hydrogen-bond donors (Lipinski definition) is 1. The molecule has 0 atom stereocenters. The third-order valence-electron chi connectivity index (χ3n) is 3.25. The number of methoxy groups -OCH3 is 1. The van der Waals surface area contributed by atoms with Crippen molar-refractivity contribution in [1.29, 1.82) is 0 Å². The highest BCUT2D eigenvalue weighted by atomic mass is 16.5. The van der Waals surface area contributed by atoms with E-state index in [1.54, 1.807) is 7.11 Å². The van der Waals surface area contributed by atoms with Gasteiger partial charge in [0.2, 0.25) is 0 Å². The largest absolute Gasteiger partial charge is 0.497 e. The summed E-state index contributed by atoms with van der Waals surface area (Å²) in [6, 6.07) is 10.7. The second kappa shape index (κ2) is 7.10. The van der Waals surface area contributed by atoms with Gasteiger partial charge >= 0.3 is 0 Å². The van der Waals surface area contributed by atoms with Gasteiger partial charge in [-0.3, -0.25) is 4.68 Å². The van der Waals surface area contributed by atoms with Crippen LogP contribution in [0.15, 0.2) is 36.5 Å². The number of aromatic nitrogens is 2. The average molecular weight is 273 g/mol. The van der Waals surface area contributed by atoms with E-state index in [0.717, 1.165) is 31.0 Å². The normalized spacial score (nSPS) is 11.0. The second-order valence-corrected chi connectivity index (χ2v) is 5.16. The van der Waals surface area contributed by atoms with E-state index in [2.05, 4.69) is 42.5 Å². The molecule has 20 heavy (non-hydrogen) atoms. The first-order valence-corrected chi connectivity index (χ1v) is 7.06. The van der Waals surface area contributed by atoms with Crippen LogP contribution in [0, 0.1) is 0 Å². The maximum atomic E-state index is 5.15. The molecule has 1 N–H and O–H groups in total. The lowest BCUT2D eigenvalue weighted by molar-refractivity contribution is 0.414. The molecule has 1 aromatic heterocycles. The number of nitrogens with zero attached hydrogens (tertiary/aromatic N) is 2. The van der Waals surface area contributed by atoms with E-state index in [0.29, 0.717) is 6.04 Å². The molecule has 1 heterocycles. The topological polar surface area (TPSA) is 39.1 Å². The Bertz CT molecular complexity index is 517. The van der Waals surface area contributed by atoms with Gasteiger partial charge in [0.05, 0.1) is 12.8 Å². The van der Waals surface area contributed by atoms with Crippen LogP contribution >= 0.6 is 0 Å². The number of ether oxygens (including phenoxy) is 1. The van der Waals surface area contributed by atoms with Crippen molar-refractivity contribution in [2.45, 2.75) is 32.9 Å². The van der Waals surface area contributed by atoms with Crippen LogP contribution in [0.1, 0.15) is 31.1 Å². The molecule has 0 unspecified atom stereocenters. The van der Waals surface area contributed by atoms with E-state index < -0.39 is 0 Å². The first-order chi connectivity index (χ1) is 9.69. The lowest BCUT2D eigenvalue weighted by Gasteiger charge is -2.06. The van der Waals surface area contributed by atoms with Crippen LogP contribution in [0.5, 0.6) is 5.75 Å². The van der Waals surface area contributed by atoms with Crippen molar-refractivity contribution < 1.29 is 4.74 Å². The molecule has 1 aromatic carbocycles. The van der Waals surface area contributed by atoms with E-state index in [1.807, 2.05) is 23.0 Å². The first kappa shape index (κ1) is 14.6. The summed E-state index contributed by atoms with van der Waals surface area (Å²) in [5, 5.41) is 7.94. The fraction of sp³-hybridized carbons (Fsp3) is 0.438. The Labute approximate surface area is 120 Å². The Balaban J connectivity index is 1.72. The highest BCUT2D eigenvalue weighted by Gasteiger charge is 2.01. The van der Waals surface area contributed by atoms with Crippen LogP contribution in [0.25, 0.3) is 0 Å². The molecule has 0 aliphatic rings. The van der Waals surface area contributed by atoms with E-state index >= 15 is 0 Å². The number of nitrogens with one attached hydrogen (secondary N) is 1. The zero-order valence-electron chi connectivity index (χ0n) is 12.5. The maximum absolute atomic E-state index is 5.15. The Morgan fingerprint density at radius 2 is 1.95 bits per heavy atom. The summed E-state index contributed by atoms with van der Waals surface area (Å²) in [6.07, 6.45) is 3.04. The molecule has 4 heteroatoms. The van der Waals surface area contributed by atoms with Crippen LogP contribution in [-0.2, 0) is 13.0 Å². The van der Waals surface area contributed by atoms with Gasteiger partial charge in [0.1, 0.15) is 5.75 Å². The van der Waals surface area contributed by atoms with E-state index in [9.17, 15) is 0 Å². The van der Waals surface area contributed by atoms with Gasteiger partial charge in [-0.15, -0.1) is 0 Å². The molecule has 0 amide bonds. The minimum atomic E-state index is 0.419. The van der Waals surface area contributed by atoms with Crippen molar-refractivity contribution in [3.8, 4) is 5.75 Å². The summed E-state index contributed by atoms with van der Waals surface area (Å²) in [4.78, 5) is 0. The van der Waals surface area contributed by atoms with Crippen LogP contribution in [0.4, 0.5) is 0 Å². The minimum Gasteiger partial charge on any atom is -0.497 e. The smallest absolute Gasteiger partial charge is 0.118 e. The van der Waals surface area contributed by atoms with Crippen molar-refractivity contribution in [2.24, 2.45) is 0 Å². The summed E-state index contributed by atoms with van der Waals surface area (Å²) < 4.78 is 7.13.